The number of amidine groups is 1. The van der Waals surface area contributed by atoms with Crippen LogP contribution in [0.4, 0.5) is 14.5 Å². The van der Waals surface area contributed by atoms with Gasteiger partial charge in [-0.05, 0) is 56.5 Å². The van der Waals surface area contributed by atoms with Gasteiger partial charge in [0.1, 0.15) is 41.6 Å². The average Bonchev–Trinajstić information content (AvgIpc) is 3.16. The number of anilines is 1. The maximum Gasteiger partial charge on any atom is 0.283 e. The van der Waals surface area contributed by atoms with Crippen molar-refractivity contribution in [3.63, 3.8) is 0 Å². The van der Waals surface area contributed by atoms with E-state index < -0.39 is 35.5 Å². The summed E-state index contributed by atoms with van der Waals surface area (Å²) < 4.78 is 47.9. The minimum atomic E-state index is -2.60. The first-order valence-corrected chi connectivity index (χ1v) is 12.1. The molecule has 0 aromatic heterocycles. The highest BCUT2D eigenvalue weighted by molar-refractivity contribution is 6.05. The molecule has 0 aliphatic carbocycles. The largest absolute Gasteiger partial charge is 0.487 e. The van der Waals surface area contributed by atoms with E-state index in [0.717, 1.165) is 5.56 Å². The second kappa shape index (κ2) is 9.13. The lowest BCUT2D eigenvalue weighted by molar-refractivity contribution is -0.247. The third-order valence-electron chi connectivity index (χ3n) is 7.49. The molecule has 9 nitrogen and oxygen atoms in total. The van der Waals surface area contributed by atoms with Crippen LogP contribution in [0.2, 0.25) is 0 Å². The summed E-state index contributed by atoms with van der Waals surface area (Å²) in [5.74, 6) is 0.324. The van der Waals surface area contributed by atoms with Gasteiger partial charge in [0.25, 0.3) is 18.4 Å². The highest BCUT2D eigenvalue weighted by Gasteiger charge is 2.71. The van der Waals surface area contributed by atoms with Crippen LogP contribution in [0.25, 0.3) is 0 Å². The number of rotatable bonds is 5. The van der Waals surface area contributed by atoms with Gasteiger partial charge >= 0.3 is 0 Å². The molecule has 5 rings (SSSR count). The summed E-state index contributed by atoms with van der Waals surface area (Å²) in [4.78, 5) is 22.2. The fraction of sp³-hybridized carbons (Fsp3) is 0.500. The van der Waals surface area contributed by atoms with E-state index in [1.165, 1.54) is 6.21 Å². The second-order valence-electron chi connectivity index (χ2n) is 10.3. The normalized spacial score (nSPS) is 30.8. The molecule has 0 bridgehead atoms. The highest BCUT2D eigenvalue weighted by Crippen LogP contribution is 2.62. The lowest BCUT2D eigenvalue weighted by atomic mass is 9.55. The fourth-order valence-electron chi connectivity index (χ4n) is 5.31. The zero-order valence-electron chi connectivity index (χ0n) is 20.9. The zero-order valence-corrected chi connectivity index (χ0v) is 20.9. The quantitative estimate of drug-likeness (QED) is 0.619. The lowest BCUT2D eigenvalue weighted by Crippen LogP contribution is -2.71. The van der Waals surface area contributed by atoms with Crippen LogP contribution in [0.1, 0.15) is 32.8 Å². The summed E-state index contributed by atoms with van der Waals surface area (Å²) in [5.41, 5.74) is 5.47. The van der Waals surface area contributed by atoms with Gasteiger partial charge < -0.3 is 30.0 Å². The molecule has 198 valence electrons. The number of aliphatic imine (C=N–C) groups is 2. The molecule has 2 unspecified atom stereocenters. The van der Waals surface area contributed by atoms with Crippen molar-refractivity contribution in [1.82, 2.24) is 0 Å². The number of ether oxygens (including phenoxy) is 4. The van der Waals surface area contributed by atoms with E-state index in [4.69, 9.17) is 29.7 Å². The minimum absolute atomic E-state index is 0.0581. The Morgan fingerprint density at radius 3 is 2.73 bits per heavy atom. The number of amides is 1. The maximum absolute atomic E-state index is 13.2. The molecule has 2 atom stereocenters. The molecule has 2 spiro atoms. The van der Waals surface area contributed by atoms with Gasteiger partial charge in [-0.15, -0.1) is 0 Å². The van der Waals surface area contributed by atoms with E-state index in [1.54, 1.807) is 24.3 Å². The molecule has 37 heavy (non-hydrogen) atoms. The molecule has 0 saturated carbocycles. The Labute approximate surface area is 213 Å². The Morgan fingerprint density at radius 1 is 1.30 bits per heavy atom. The summed E-state index contributed by atoms with van der Waals surface area (Å²) in [5, 5.41) is 2.89. The van der Waals surface area contributed by atoms with Gasteiger partial charge in [-0.2, -0.15) is 0 Å². The van der Waals surface area contributed by atoms with Crippen molar-refractivity contribution >= 4 is 23.8 Å². The van der Waals surface area contributed by atoms with Crippen LogP contribution in [0.3, 0.4) is 0 Å². The number of nitrogens with two attached hydrogens (primary N) is 1. The van der Waals surface area contributed by atoms with E-state index >= 15 is 0 Å². The van der Waals surface area contributed by atoms with Crippen LogP contribution in [-0.4, -0.2) is 56.6 Å². The third-order valence-corrected chi connectivity index (χ3v) is 7.49. The predicted octanol–water partition coefficient (Wildman–Crippen LogP) is 3.51. The van der Waals surface area contributed by atoms with Crippen LogP contribution in [-0.2, 0) is 24.5 Å². The van der Waals surface area contributed by atoms with Crippen LogP contribution < -0.4 is 15.8 Å². The number of hydrogen-bond acceptors (Lipinski definition) is 8. The zero-order chi connectivity index (χ0) is 26.4. The van der Waals surface area contributed by atoms with Crippen molar-refractivity contribution in [2.24, 2.45) is 27.1 Å². The number of nitrogens with zero attached hydrogens (tertiary/aromatic N) is 2. The van der Waals surface area contributed by atoms with Gasteiger partial charge in [0.15, 0.2) is 0 Å². The Morgan fingerprint density at radius 2 is 2.08 bits per heavy atom. The van der Waals surface area contributed by atoms with Crippen LogP contribution >= 0.6 is 0 Å². The second-order valence-corrected chi connectivity index (χ2v) is 10.3. The van der Waals surface area contributed by atoms with E-state index in [1.807, 2.05) is 26.8 Å². The molecule has 0 radical (unpaired) electrons. The number of carbonyl (C=O) groups is 1. The van der Waals surface area contributed by atoms with Crippen molar-refractivity contribution in [3.8, 4) is 5.75 Å². The van der Waals surface area contributed by atoms with Crippen molar-refractivity contribution in [2.45, 2.75) is 44.8 Å². The molecule has 3 N–H and O–H groups in total. The molecule has 1 amide bonds. The van der Waals surface area contributed by atoms with Gasteiger partial charge in [0.05, 0.1) is 24.8 Å². The lowest BCUT2D eigenvalue weighted by Gasteiger charge is -2.61. The summed E-state index contributed by atoms with van der Waals surface area (Å²) in [6.45, 7) is 6.27. The first-order chi connectivity index (χ1) is 17.6. The molecule has 11 heteroatoms. The summed E-state index contributed by atoms with van der Waals surface area (Å²) in [7, 11) is 0. The topological polar surface area (TPSA) is 117 Å². The first-order valence-electron chi connectivity index (χ1n) is 12.1. The van der Waals surface area contributed by atoms with Crippen molar-refractivity contribution in [1.29, 1.82) is 0 Å². The molecule has 4 heterocycles. The van der Waals surface area contributed by atoms with Crippen LogP contribution in [0.15, 0.2) is 51.8 Å². The number of alkyl halides is 2. The van der Waals surface area contributed by atoms with Crippen LogP contribution in [0.5, 0.6) is 5.75 Å². The van der Waals surface area contributed by atoms with Crippen molar-refractivity contribution in [2.75, 3.05) is 31.7 Å². The van der Waals surface area contributed by atoms with E-state index in [-0.39, 0.29) is 30.0 Å². The Bertz CT molecular complexity index is 1220. The molecular formula is C26H30F2N4O5. The van der Waals surface area contributed by atoms with Crippen LogP contribution in [0, 0.1) is 11.3 Å². The minimum Gasteiger partial charge on any atom is -0.487 e. The Hall–Kier alpha value is -3.47. The third kappa shape index (κ3) is 4.24. The van der Waals surface area contributed by atoms with E-state index in [9.17, 15) is 13.6 Å². The molecule has 4 aliphatic rings. The first kappa shape index (κ1) is 25.2. The van der Waals surface area contributed by atoms with Crippen molar-refractivity contribution in [3.05, 3.63) is 47.4 Å². The predicted molar refractivity (Wildman–Crippen MR) is 133 cm³/mol. The average molecular weight is 517 g/mol. The standard InChI is InChI=1S/C26H30F2N4O5/c1-15-4-6-17(35-11-21(27)28)10-30-19(8-15)22(33)31-16-5-7-20-18(9-16)26(14-36-23(29)32-26)25(12-34-13-25)24(2,3)37-20/h5-10,15,21H,4,11-14H2,1-3H3,(H2,29,32)(H,31,33)/b17-6-,19-8-,30-10+. The van der Waals surface area contributed by atoms with Crippen molar-refractivity contribution < 1.29 is 32.5 Å². The SMILES string of the molecule is CC1\C=C(C(=O)Nc2ccc3c(c2)C2(COC(N)=N2)C2(COC2)C(C)(C)O3)/N=C/C(OCC(F)F)=C/C1. The number of nitrogens with one attached hydrogen (secondary N) is 1. The summed E-state index contributed by atoms with van der Waals surface area (Å²) in [6, 6.07) is 5.46. The monoisotopic (exact) mass is 516 g/mol. The highest BCUT2D eigenvalue weighted by atomic mass is 19.3. The molecule has 1 aromatic rings. The molecule has 1 fully saturated rings. The number of allylic oxidation sites excluding steroid dienone is 3. The van der Waals surface area contributed by atoms with E-state index in [2.05, 4.69) is 10.3 Å². The summed E-state index contributed by atoms with van der Waals surface area (Å²) >= 11 is 0. The Balaban J connectivity index is 1.43. The Kier molecular flexibility index (Phi) is 6.21. The maximum atomic E-state index is 13.2. The van der Waals surface area contributed by atoms with Gasteiger partial charge in [-0.3, -0.25) is 4.79 Å². The number of halogens is 2. The van der Waals surface area contributed by atoms with Gasteiger partial charge in [0, 0.05) is 11.3 Å². The van der Waals surface area contributed by atoms with Gasteiger partial charge in [-0.1, -0.05) is 6.92 Å². The van der Waals surface area contributed by atoms with Gasteiger partial charge in [-0.25, -0.2) is 18.8 Å². The number of fused-ring (bicyclic) bond motifs is 3. The van der Waals surface area contributed by atoms with E-state index in [0.29, 0.717) is 31.1 Å². The molecule has 1 saturated heterocycles. The van der Waals surface area contributed by atoms with Gasteiger partial charge in [0.2, 0.25) is 0 Å². The number of carbonyl (C=O) groups excluding carboxylic acids is 1. The number of benzene rings is 1. The molecule has 1 aromatic carbocycles. The molecular weight excluding hydrogens is 486 g/mol. The molecule has 4 aliphatic heterocycles. The number of hydrogen-bond donors (Lipinski definition) is 2. The summed E-state index contributed by atoms with van der Waals surface area (Å²) in [6.07, 6.45) is 2.61. The fourth-order valence-corrected chi connectivity index (χ4v) is 5.31. The smallest absolute Gasteiger partial charge is 0.283 e.